The molecule has 1 aromatic rings. The molecule has 0 radical (unpaired) electrons. The maximum atomic E-state index is 13.6. The second-order valence-corrected chi connectivity index (χ2v) is 4.67. The van der Waals surface area contributed by atoms with Crippen molar-refractivity contribution in [2.75, 3.05) is 7.11 Å². The summed E-state index contributed by atoms with van der Waals surface area (Å²) in [6.45, 7) is 2.84. The molecule has 118 valence electrons. The predicted molar refractivity (Wildman–Crippen MR) is 64.0 cm³/mol. The summed E-state index contributed by atoms with van der Waals surface area (Å²) >= 11 is 0. The van der Waals surface area contributed by atoms with Crippen LogP contribution < -0.4 is 4.74 Å². The monoisotopic (exact) mass is 312 g/mol. The average Bonchev–Trinajstić information content (AvgIpc) is 2.35. The molecule has 1 N–H and O–H groups in total. The lowest BCUT2D eigenvalue weighted by atomic mass is 9.90. The highest BCUT2D eigenvalue weighted by molar-refractivity contribution is 5.91. The molecule has 1 aromatic carbocycles. The van der Waals surface area contributed by atoms with Crippen molar-refractivity contribution in [3.63, 3.8) is 0 Å². The number of ether oxygens (including phenoxy) is 1. The number of methoxy groups -OCH3 is 1. The number of aromatic carboxylic acids is 1. The number of carbonyl (C=O) groups is 1. The van der Waals surface area contributed by atoms with E-state index in [1.165, 1.54) is 13.8 Å². The zero-order valence-electron chi connectivity index (χ0n) is 11.4. The highest BCUT2D eigenvalue weighted by Crippen LogP contribution is 2.47. The zero-order chi connectivity index (χ0) is 16.6. The van der Waals surface area contributed by atoms with E-state index in [9.17, 15) is 26.7 Å². The number of carboxylic acid groups (broad SMARTS) is 1. The van der Waals surface area contributed by atoms with Gasteiger partial charge >= 0.3 is 18.1 Å². The van der Waals surface area contributed by atoms with Crippen molar-refractivity contribution in [1.82, 2.24) is 0 Å². The van der Waals surface area contributed by atoms with Crippen LogP contribution in [0.3, 0.4) is 0 Å². The minimum Gasteiger partial charge on any atom is -0.496 e. The maximum absolute atomic E-state index is 13.6. The number of benzene rings is 1. The Morgan fingerprint density at radius 2 is 1.71 bits per heavy atom. The number of hydrogen-bond acceptors (Lipinski definition) is 2. The van der Waals surface area contributed by atoms with Crippen LogP contribution in [0.5, 0.6) is 5.75 Å². The van der Waals surface area contributed by atoms with Gasteiger partial charge in [0.25, 0.3) is 0 Å². The molecule has 21 heavy (non-hydrogen) atoms. The number of alkyl halides is 5. The summed E-state index contributed by atoms with van der Waals surface area (Å²) in [5.41, 5.74) is -2.44. The topological polar surface area (TPSA) is 46.5 Å². The quantitative estimate of drug-likeness (QED) is 0.849. The summed E-state index contributed by atoms with van der Waals surface area (Å²) in [6, 6.07) is 1.23. The molecular formula is C13H13F5O3. The minimum absolute atomic E-state index is 0.270. The lowest BCUT2D eigenvalue weighted by Crippen LogP contribution is -2.35. The van der Waals surface area contributed by atoms with E-state index in [2.05, 4.69) is 0 Å². The molecule has 0 saturated carbocycles. The fourth-order valence-corrected chi connectivity index (χ4v) is 1.83. The van der Waals surface area contributed by atoms with E-state index in [1.807, 2.05) is 0 Å². The highest BCUT2D eigenvalue weighted by atomic mass is 19.4. The third-order valence-electron chi connectivity index (χ3n) is 2.92. The van der Waals surface area contributed by atoms with Gasteiger partial charge in [-0.05, 0) is 23.6 Å². The van der Waals surface area contributed by atoms with Crippen LogP contribution in [0, 0.1) is 0 Å². The fourth-order valence-electron chi connectivity index (χ4n) is 1.83. The molecular weight excluding hydrogens is 299 g/mol. The summed E-state index contributed by atoms with van der Waals surface area (Å²) in [4.78, 5) is 11.0. The Bertz CT molecular complexity index is 549. The second kappa shape index (κ2) is 5.50. The lowest BCUT2D eigenvalue weighted by Gasteiger charge is -2.25. The van der Waals surface area contributed by atoms with Crippen LogP contribution in [0.25, 0.3) is 0 Å². The van der Waals surface area contributed by atoms with Gasteiger partial charge in [0.1, 0.15) is 11.3 Å². The van der Waals surface area contributed by atoms with Crippen LogP contribution in [0.15, 0.2) is 12.1 Å². The molecule has 0 fully saturated rings. The van der Waals surface area contributed by atoms with Gasteiger partial charge in [-0.3, -0.25) is 0 Å². The summed E-state index contributed by atoms with van der Waals surface area (Å²) in [7, 11) is 1.10. The molecule has 8 heteroatoms. The maximum Gasteiger partial charge on any atom is 0.458 e. The van der Waals surface area contributed by atoms with Gasteiger partial charge in [-0.15, -0.1) is 0 Å². The first-order valence-electron chi connectivity index (χ1n) is 5.83. The molecule has 0 aliphatic heterocycles. The van der Waals surface area contributed by atoms with Crippen LogP contribution in [-0.2, 0) is 5.92 Å². The summed E-state index contributed by atoms with van der Waals surface area (Å²) in [5, 5.41) is 8.91. The van der Waals surface area contributed by atoms with Crippen molar-refractivity contribution in [2.24, 2.45) is 0 Å². The Labute approximate surface area is 117 Å². The number of hydrogen-bond donors (Lipinski definition) is 1. The molecule has 3 nitrogen and oxygen atoms in total. The first kappa shape index (κ1) is 17.2. The number of rotatable bonds is 4. The summed E-state index contributed by atoms with van der Waals surface area (Å²) in [5.74, 6) is -7.75. The number of halogens is 5. The average molecular weight is 312 g/mol. The van der Waals surface area contributed by atoms with Crippen LogP contribution >= 0.6 is 0 Å². The third kappa shape index (κ3) is 3.08. The van der Waals surface area contributed by atoms with Crippen molar-refractivity contribution in [3.05, 3.63) is 28.8 Å². The van der Waals surface area contributed by atoms with E-state index in [4.69, 9.17) is 9.84 Å². The molecule has 0 saturated heterocycles. The van der Waals surface area contributed by atoms with E-state index in [1.54, 1.807) is 0 Å². The van der Waals surface area contributed by atoms with Crippen molar-refractivity contribution >= 4 is 5.97 Å². The molecule has 0 aliphatic rings. The van der Waals surface area contributed by atoms with Gasteiger partial charge in [0.05, 0.1) is 7.11 Å². The first-order chi connectivity index (χ1) is 9.43. The fraction of sp³-hybridized carbons (Fsp3) is 0.462. The van der Waals surface area contributed by atoms with E-state index < -0.39 is 35.1 Å². The Morgan fingerprint density at radius 3 is 2.05 bits per heavy atom. The molecule has 0 atom stereocenters. The third-order valence-corrected chi connectivity index (χ3v) is 2.92. The van der Waals surface area contributed by atoms with Crippen molar-refractivity contribution in [3.8, 4) is 5.75 Å². The lowest BCUT2D eigenvalue weighted by molar-refractivity contribution is -0.289. The molecule has 0 heterocycles. The Morgan fingerprint density at radius 1 is 1.19 bits per heavy atom. The van der Waals surface area contributed by atoms with Crippen LogP contribution in [0.4, 0.5) is 22.0 Å². The van der Waals surface area contributed by atoms with Gasteiger partial charge in [0.2, 0.25) is 0 Å². The van der Waals surface area contributed by atoms with Crippen molar-refractivity contribution < 1.29 is 36.6 Å². The minimum atomic E-state index is -5.82. The summed E-state index contributed by atoms with van der Waals surface area (Å²) in [6.07, 6.45) is -5.82. The van der Waals surface area contributed by atoms with Crippen LogP contribution in [0.1, 0.15) is 41.3 Å². The van der Waals surface area contributed by atoms with Crippen molar-refractivity contribution in [1.29, 1.82) is 0 Å². The zero-order valence-corrected chi connectivity index (χ0v) is 11.4. The molecule has 0 amide bonds. The highest BCUT2D eigenvalue weighted by Gasteiger charge is 2.59. The van der Waals surface area contributed by atoms with E-state index in [0.717, 1.165) is 13.2 Å². The van der Waals surface area contributed by atoms with Gasteiger partial charge in [-0.2, -0.15) is 22.0 Å². The van der Waals surface area contributed by atoms with E-state index in [-0.39, 0.29) is 11.3 Å². The standard InChI is InChI=1S/C13H13F5O3/c1-6(2)7-5-10(21-3)8(11(19)20)4-9(7)12(14,15)13(16,17)18/h4-6H,1-3H3,(H,19,20). The second-order valence-electron chi connectivity index (χ2n) is 4.67. The molecule has 0 unspecified atom stereocenters. The van der Waals surface area contributed by atoms with Crippen molar-refractivity contribution in [2.45, 2.75) is 31.9 Å². The SMILES string of the molecule is COc1cc(C(C)C)c(C(F)(F)C(F)(F)F)cc1C(=O)O. The van der Waals surface area contributed by atoms with Crippen LogP contribution in [0.2, 0.25) is 0 Å². The summed E-state index contributed by atoms with van der Waals surface area (Å²) < 4.78 is 69.6. The Kier molecular flexibility index (Phi) is 4.50. The van der Waals surface area contributed by atoms with Gasteiger partial charge in [0.15, 0.2) is 0 Å². The molecule has 1 rings (SSSR count). The van der Waals surface area contributed by atoms with Gasteiger partial charge < -0.3 is 9.84 Å². The largest absolute Gasteiger partial charge is 0.496 e. The van der Waals surface area contributed by atoms with E-state index in [0.29, 0.717) is 6.07 Å². The Balaban J connectivity index is 3.71. The molecule has 0 aromatic heterocycles. The molecule has 0 bridgehead atoms. The number of carboxylic acids is 1. The molecule has 0 aliphatic carbocycles. The van der Waals surface area contributed by atoms with Gasteiger partial charge in [0, 0.05) is 5.56 Å². The van der Waals surface area contributed by atoms with E-state index >= 15 is 0 Å². The molecule has 0 spiro atoms. The normalized spacial score (nSPS) is 12.6. The Hall–Kier alpha value is -1.86. The predicted octanol–water partition coefficient (Wildman–Crippen LogP) is 4.17. The van der Waals surface area contributed by atoms with Crippen LogP contribution in [-0.4, -0.2) is 24.4 Å². The smallest absolute Gasteiger partial charge is 0.458 e. The van der Waals surface area contributed by atoms with Gasteiger partial charge in [-0.1, -0.05) is 13.8 Å². The first-order valence-corrected chi connectivity index (χ1v) is 5.83. The van der Waals surface area contributed by atoms with Gasteiger partial charge in [-0.25, -0.2) is 4.79 Å².